The summed E-state index contributed by atoms with van der Waals surface area (Å²) in [7, 11) is 0. The van der Waals surface area contributed by atoms with Crippen molar-refractivity contribution in [3.63, 3.8) is 0 Å². The van der Waals surface area contributed by atoms with E-state index in [-0.39, 0.29) is 23.7 Å². The SMILES string of the molecule is C=Nc1ccc(Cl)cc1C(=N)CCC(C)C(=O)c1cncc(Cc2ccc(C3CCCN3C(C)=O)cc2)c1. The highest BCUT2D eigenvalue weighted by atomic mass is 35.5. The third-order valence-electron chi connectivity index (χ3n) is 7.24. The van der Waals surface area contributed by atoms with E-state index in [0.29, 0.717) is 46.8 Å². The van der Waals surface area contributed by atoms with Crippen molar-refractivity contribution in [2.75, 3.05) is 6.54 Å². The van der Waals surface area contributed by atoms with Gasteiger partial charge in [0.1, 0.15) is 0 Å². The number of pyridine rings is 1. The quantitative estimate of drug-likeness (QED) is 0.227. The van der Waals surface area contributed by atoms with Gasteiger partial charge in [0.15, 0.2) is 5.78 Å². The normalized spacial score (nSPS) is 15.8. The standard InChI is InChI=1S/C31H33ClN4O2/c1-20(6-12-28(33)27-17-26(32)11-13-29(27)34-3)31(38)25-16-23(18-35-19-25)15-22-7-9-24(10-8-22)30-5-4-14-36(30)21(2)37/h7-11,13,16-20,30,33H,3-6,12,14-15H2,1-2H3. The van der Waals surface area contributed by atoms with E-state index < -0.39 is 0 Å². The number of aromatic nitrogens is 1. The molecule has 2 heterocycles. The Hall–Kier alpha value is -3.64. The molecule has 0 spiro atoms. The maximum atomic E-state index is 13.2. The van der Waals surface area contributed by atoms with E-state index in [0.717, 1.165) is 36.1 Å². The minimum absolute atomic E-state index is 0.0150. The molecule has 1 saturated heterocycles. The fraction of sp³-hybridized carbons (Fsp3) is 0.323. The molecule has 1 fully saturated rings. The third-order valence-corrected chi connectivity index (χ3v) is 7.47. The van der Waals surface area contributed by atoms with E-state index in [2.05, 4.69) is 41.0 Å². The van der Waals surface area contributed by atoms with E-state index in [1.165, 1.54) is 0 Å². The lowest BCUT2D eigenvalue weighted by Gasteiger charge is -2.23. The zero-order valence-corrected chi connectivity index (χ0v) is 22.7. The fourth-order valence-corrected chi connectivity index (χ4v) is 5.27. The summed E-state index contributed by atoms with van der Waals surface area (Å²) in [5.41, 5.74) is 5.48. The molecule has 1 N–H and O–H groups in total. The lowest BCUT2D eigenvalue weighted by atomic mass is 9.92. The summed E-state index contributed by atoms with van der Waals surface area (Å²) in [6.45, 7) is 7.91. The summed E-state index contributed by atoms with van der Waals surface area (Å²) in [6.07, 6.45) is 7.07. The van der Waals surface area contributed by atoms with Crippen molar-refractivity contribution in [2.45, 2.75) is 52.0 Å². The second kappa shape index (κ2) is 12.3. The molecule has 4 rings (SSSR count). The van der Waals surface area contributed by atoms with Gasteiger partial charge in [0, 0.05) is 53.6 Å². The largest absolute Gasteiger partial charge is 0.336 e. The zero-order chi connectivity index (χ0) is 27.2. The summed E-state index contributed by atoms with van der Waals surface area (Å²) < 4.78 is 0. The first-order chi connectivity index (χ1) is 18.3. The van der Waals surface area contributed by atoms with Gasteiger partial charge in [0.25, 0.3) is 0 Å². The van der Waals surface area contributed by atoms with Crippen LogP contribution in [0.1, 0.15) is 78.2 Å². The molecule has 2 aromatic carbocycles. The van der Waals surface area contributed by atoms with Crippen LogP contribution in [0.25, 0.3) is 0 Å². The van der Waals surface area contributed by atoms with Gasteiger partial charge in [0.05, 0.1) is 11.7 Å². The van der Waals surface area contributed by atoms with Gasteiger partial charge in [-0.2, -0.15) is 0 Å². The van der Waals surface area contributed by atoms with Crippen LogP contribution in [-0.4, -0.2) is 40.5 Å². The van der Waals surface area contributed by atoms with Crippen LogP contribution in [0.3, 0.4) is 0 Å². The molecule has 1 aromatic heterocycles. The molecule has 6 nitrogen and oxygen atoms in total. The van der Waals surface area contributed by atoms with Crippen LogP contribution in [0.5, 0.6) is 0 Å². The Balaban J connectivity index is 1.37. The maximum absolute atomic E-state index is 13.2. The van der Waals surface area contributed by atoms with Crippen molar-refractivity contribution < 1.29 is 9.59 Å². The van der Waals surface area contributed by atoms with Gasteiger partial charge in [-0.05, 0) is 79.8 Å². The maximum Gasteiger partial charge on any atom is 0.219 e. The van der Waals surface area contributed by atoms with Crippen molar-refractivity contribution in [2.24, 2.45) is 10.9 Å². The molecule has 196 valence electrons. The smallest absolute Gasteiger partial charge is 0.219 e. The van der Waals surface area contributed by atoms with Crippen LogP contribution < -0.4 is 0 Å². The van der Waals surface area contributed by atoms with Crippen LogP contribution in [0.2, 0.25) is 5.02 Å². The van der Waals surface area contributed by atoms with Crippen molar-refractivity contribution >= 4 is 41.4 Å². The monoisotopic (exact) mass is 528 g/mol. The van der Waals surface area contributed by atoms with E-state index >= 15 is 0 Å². The number of hydrogen-bond donors (Lipinski definition) is 1. The molecule has 1 amide bonds. The molecular formula is C31H33ClN4O2. The summed E-state index contributed by atoms with van der Waals surface area (Å²) in [5.74, 6) is -0.124. The second-order valence-electron chi connectivity index (χ2n) is 9.97. The summed E-state index contributed by atoms with van der Waals surface area (Å²) in [5, 5.41) is 9.02. The number of aliphatic imine (C=N–C) groups is 1. The number of carbonyl (C=O) groups is 2. The number of nitrogens with zero attached hydrogens (tertiary/aromatic N) is 3. The molecule has 3 aromatic rings. The Kier molecular flexibility index (Phi) is 8.85. The average molecular weight is 529 g/mol. The molecule has 0 aliphatic carbocycles. The first-order valence-corrected chi connectivity index (χ1v) is 13.3. The van der Waals surface area contributed by atoms with Gasteiger partial charge in [-0.15, -0.1) is 0 Å². The minimum atomic E-state index is -0.262. The van der Waals surface area contributed by atoms with Crippen molar-refractivity contribution in [3.8, 4) is 0 Å². The van der Waals surface area contributed by atoms with Gasteiger partial charge >= 0.3 is 0 Å². The number of halogens is 1. The van der Waals surface area contributed by atoms with Crippen LogP contribution in [0, 0.1) is 11.3 Å². The van der Waals surface area contributed by atoms with Gasteiger partial charge in [-0.3, -0.25) is 19.6 Å². The number of likely N-dealkylation sites (tertiary alicyclic amines) is 1. The summed E-state index contributed by atoms with van der Waals surface area (Å²) in [6, 6.07) is 15.7. The Morgan fingerprint density at radius 1 is 1.16 bits per heavy atom. The Bertz CT molecular complexity index is 1350. The van der Waals surface area contributed by atoms with E-state index in [1.54, 1.807) is 37.5 Å². The number of ketones is 1. The minimum Gasteiger partial charge on any atom is -0.336 e. The van der Waals surface area contributed by atoms with Gasteiger partial charge < -0.3 is 10.3 Å². The topological polar surface area (TPSA) is 86.5 Å². The molecule has 1 aliphatic rings. The van der Waals surface area contributed by atoms with Gasteiger partial charge in [-0.25, -0.2) is 0 Å². The highest BCUT2D eigenvalue weighted by Gasteiger charge is 2.27. The first-order valence-electron chi connectivity index (χ1n) is 12.9. The van der Waals surface area contributed by atoms with Crippen LogP contribution in [0.15, 0.2) is 65.9 Å². The number of nitrogens with one attached hydrogen (secondary N) is 1. The van der Waals surface area contributed by atoms with Gasteiger partial charge in [0.2, 0.25) is 5.91 Å². The number of amides is 1. The highest BCUT2D eigenvalue weighted by molar-refractivity contribution is 6.31. The fourth-order valence-electron chi connectivity index (χ4n) is 5.10. The molecule has 7 heteroatoms. The van der Waals surface area contributed by atoms with Crippen molar-refractivity contribution in [1.82, 2.24) is 9.88 Å². The average Bonchev–Trinajstić information content (AvgIpc) is 3.42. The molecule has 2 atom stereocenters. The van der Waals surface area contributed by atoms with Crippen molar-refractivity contribution in [1.29, 1.82) is 5.41 Å². The Morgan fingerprint density at radius 2 is 1.92 bits per heavy atom. The van der Waals surface area contributed by atoms with E-state index in [4.69, 9.17) is 17.0 Å². The molecule has 1 aliphatic heterocycles. The van der Waals surface area contributed by atoms with Crippen LogP contribution in [-0.2, 0) is 11.2 Å². The molecule has 0 saturated carbocycles. The predicted molar refractivity (Wildman–Crippen MR) is 153 cm³/mol. The number of rotatable bonds is 10. The van der Waals surface area contributed by atoms with Crippen LogP contribution >= 0.6 is 11.6 Å². The lowest BCUT2D eigenvalue weighted by molar-refractivity contribution is -0.129. The molecule has 0 radical (unpaired) electrons. The number of hydrogen-bond acceptors (Lipinski definition) is 5. The molecule has 0 bridgehead atoms. The van der Waals surface area contributed by atoms with E-state index in [1.807, 2.05) is 17.9 Å². The molecule has 38 heavy (non-hydrogen) atoms. The zero-order valence-electron chi connectivity index (χ0n) is 21.9. The number of Topliss-reactive ketones (excluding diaryl/α,β-unsaturated/α-hetero) is 1. The third kappa shape index (κ3) is 6.43. The lowest BCUT2D eigenvalue weighted by Crippen LogP contribution is -2.27. The van der Waals surface area contributed by atoms with Gasteiger partial charge in [-0.1, -0.05) is 42.8 Å². The summed E-state index contributed by atoms with van der Waals surface area (Å²) in [4.78, 5) is 35.3. The number of carbonyl (C=O) groups excluding carboxylic acids is 2. The Labute approximate surface area is 229 Å². The Morgan fingerprint density at radius 3 is 2.63 bits per heavy atom. The van der Waals surface area contributed by atoms with Crippen molar-refractivity contribution in [3.05, 3.63) is 93.8 Å². The number of benzene rings is 2. The second-order valence-corrected chi connectivity index (χ2v) is 10.4. The summed E-state index contributed by atoms with van der Waals surface area (Å²) >= 11 is 6.10. The molecule has 2 unspecified atom stereocenters. The van der Waals surface area contributed by atoms with Crippen LogP contribution in [0.4, 0.5) is 5.69 Å². The first kappa shape index (κ1) is 27.4. The molecular weight excluding hydrogens is 496 g/mol. The van der Waals surface area contributed by atoms with E-state index in [9.17, 15) is 9.59 Å². The highest BCUT2D eigenvalue weighted by Crippen LogP contribution is 2.32. The predicted octanol–water partition coefficient (Wildman–Crippen LogP) is 7.01.